The molecule has 0 saturated carbocycles. The number of rotatable bonds is 4. The van der Waals surface area contributed by atoms with Crippen molar-refractivity contribution >= 4 is 24.3 Å². The van der Waals surface area contributed by atoms with Gasteiger partial charge in [-0.1, -0.05) is 23.8 Å². The van der Waals surface area contributed by atoms with Gasteiger partial charge in [0.15, 0.2) is 0 Å². The van der Waals surface area contributed by atoms with E-state index >= 15 is 0 Å². The van der Waals surface area contributed by atoms with Crippen molar-refractivity contribution in [3.63, 3.8) is 0 Å². The molecule has 0 atom stereocenters. The largest absolute Gasteiger partial charge is 0.488 e. The topological polar surface area (TPSA) is 40.5 Å². The van der Waals surface area contributed by atoms with Gasteiger partial charge in [-0.05, 0) is 42.2 Å². The van der Waals surface area contributed by atoms with Crippen LogP contribution in [0.2, 0.25) is 0 Å². The molecule has 5 heteroatoms. The van der Waals surface area contributed by atoms with Crippen molar-refractivity contribution in [3.05, 3.63) is 59.4 Å². The van der Waals surface area contributed by atoms with Crippen LogP contribution in [0.5, 0.6) is 0 Å². The Morgan fingerprint density at radius 3 is 2.42 bits per heavy atom. The minimum absolute atomic E-state index is 0.222. The molecule has 19 heavy (non-hydrogen) atoms. The number of thioether (sulfide) groups is 1. The van der Waals surface area contributed by atoms with E-state index in [1.165, 1.54) is 11.6 Å². The van der Waals surface area contributed by atoms with Gasteiger partial charge in [0.25, 0.3) is 0 Å². The summed E-state index contributed by atoms with van der Waals surface area (Å²) in [7, 11) is -1.65. The van der Waals surface area contributed by atoms with E-state index in [0.717, 1.165) is 16.5 Å². The Kier molecular flexibility index (Phi) is 4.63. The highest BCUT2D eigenvalue weighted by Crippen LogP contribution is 2.22. The molecule has 0 bridgehead atoms. The van der Waals surface area contributed by atoms with Crippen molar-refractivity contribution in [2.75, 3.05) is 0 Å². The summed E-state index contributed by atoms with van der Waals surface area (Å²) >= 11 is 1.57. The van der Waals surface area contributed by atoms with E-state index in [9.17, 15) is 14.4 Å². The Morgan fingerprint density at radius 1 is 1.11 bits per heavy atom. The Hall–Kier alpha value is -1.30. The predicted octanol–water partition coefficient (Wildman–Crippen LogP) is 2.11. The van der Waals surface area contributed by atoms with Crippen LogP contribution in [-0.4, -0.2) is 17.2 Å². The highest BCUT2D eigenvalue weighted by atomic mass is 32.2. The van der Waals surface area contributed by atoms with Gasteiger partial charge in [-0.3, -0.25) is 0 Å². The molecule has 2 aromatic rings. The normalized spacial score (nSPS) is 10.5. The van der Waals surface area contributed by atoms with E-state index in [-0.39, 0.29) is 5.46 Å². The van der Waals surface area contributed by atoms with Gasteiger partial charge in [-0.25, -0.2) is 4.39 Å². The smallest absolute Gasteiger partial charge is 0.423 e. The molecule has 98 valence electrons. The SMILES string of the molecule is Cc1ccc(SCc2ccc(F)cc2B(O)O)cc1. The zero-order valence-electron chi connectivity index (χ0n) is 10.5. The third kappa shape index (κ3) is 3.83. The van der Waals surface area contributed by atoms with Crippen LogP contribution >= 0.6 is 11.8 Å². The lowest BCUT2D eigenvalue weighted by Gasteiger charge is -2.09. The third-order valence-corrected chi connectivity index (χ3v) is 3.86. The Bertz CT molecular complexity index is 558. The molecule has 0 aromatic heterocycles. The fourth-order valence-corrected chi connectivity index (χ4v) is 2.65. The summed E-state index contributed by atoms with van der Waals surface area (Å²) in [6.45, 7) is 2.02. The van der Waals surface area contributed by atoms with Crippen molar-refractivity contribution < 1.29 is 14.4 Å². The zero-order valence-corrected chi connectivity index (χ0v) is 11.3. The van der Waals surface area contributed by atoms with Gasteiger partial charge in [0.05, 0.1) is 0 Å². The Morgan fingerprint density at radius 2 is 1.79 bits per heavy atom. The van der Waals surface area contributed by atoms with Crippen LogP contribution < -0.4 is 5.46 Å². The van der Waals surface area contributed by atoms with Crippen LogP contribution in [0.15, 0.2) is 47.4 Å². The van der Waals surface area contributed by atoms with Crippen LogP contribution in [0.3, 0.4) is 0 Å². The van der Waals surface area contributed by atoms with Crippen molar-refractivity contribution in [2.24, 2.45) is 0 Å². The molecule has 0 aliphatic heterocycles. The van der Waals surface area contributed by atoms with Gasteiger partial charge in [-0.2, -0.15) is 0 Å². The summed E-state index contributed by atoms with van der Waals surface area (Å²) in [6, 6.07) is 12.2. The molecule has 0 aliphatic rings. The maximum atomic E-state index is 13.1. The molecule has 0 saturated heterocycles. The highest BCUT2D eigenvalue weighted by Gasteiger charge is 2.16. The number of aryl methyl sites for hydroxylation is 1. The van der Waals surface area contributed by atoms with Crippen LogP contribution in [-0.2, 0) is 5.75 Å². The van der Waals surface area contributed by atoms with Crippen molar-refractivity contribution in [1.82, 2.24) is 0 Å². The van der Waals surface area contributed by atoms with Crippen LogP contribution in [0.1, 0.15) is 11.1 Å². The Labute approximate surface area is 116 Å². The van der Waals surface area contributed by atoms with Crippen molar-refractivity contribution in [1.29, 1.82) is 0 Å². The minimum atomic E-state index is -1.65. The van der Waals surface area contributed by atoms with E-state index in [4.69, 9.17) is 0 Å². The lowest BCUT2D eigenvalue weighted by Crippen LogP contribution is -2.33. The zero-order chi connectivity index (χ0) is 13.8. The van der Waals surface area contributed by atoms with Gasteiger partial charge in [-0.15, -0.1) is 11.8 Å². The van der Waals surface area contributed by atoms with Crippen molar-refractivity contribution in [3.8, 4) is 0 Å². The van der Waals surface area contributed by atoms with Crippen LogP contribution in [0.4, 0.5) is 4.39 Å². The van der Waals surface area contributed by atoms with Gasteiger partial charge >= 0.3 is 7.12 Å². The monoisotopic (exact) mass is 276 g/mol. The quantitative estimate of drug-likeness (QED) is 0.663. The fraction of sp³-hybridized carbons (Fsp3) is 0.143. The van der Waals surface area contributed by atoms with E-state index in [1.54, 1.807) is 17.8 Å². The number of benzene rings is 2. The first-order valence-electron chi connectivity index (χ1n) is 5.90. The molecule has 2 nitrogen and oxygen atoms in total. The highest BCUT2D eigenvalue weighted by molar-refractivity contribution is 7.98. The lowest BCUT2D eigenvalue weighted by molar-refractivity contribution is 0.425. The molecule has 0 aliphatic carbocycles. The Balaban J connectivity index is 2.13. The summed E-state index contributed by atoms with van der Waals surface area (Å²) in [4.78, 5) is 1.09. The average Bonchev–Trinajstić information content (AvgIpc) is 2.39. The molecule has 0 unspecified atom stereocenters. The third-order valence-electron chi connectivity index (χ3n) is 2.80. The average molecular weight is 276 g/mol. The second-order valence-electron chi connectivity index (χ2n) is 4.32. The molecule has 0 heterocycles. The molecule has 0 spiro atoms. The minimum Gasteiger partial charge on any atom is -0.423 e. The molecular formula is C14H14BFO2S. The molecule has 2 rings (SSSR count). The van der Waals surface area contributed by atoms with Crippen LogP contribution in [0, 0.1) is 12.7 Å². The first-order valence-corrected chi connectivity index (χ1v) is 6.89. The number of halogens is 1. The summed E-state index contributed by atoms with van der Waals surface area (Å²) in [6.07, 6.45) is 0. The summed E-state index contributed by atoms with van der Waals surface area (Å²) in [5.41, 5.74) is 2.14. The molecular weight excluding hydrogens is 262 g/mol. The fourth-order valence-electron chi connectivity index (χ4n) is 1.73. The van der Waals surface area contributed by atoms with E-state index < -0.39 is 12.9 Å². The number of hydrogen-bond acceptors (Lipinski definition) is 3. The first-order chi connectivity index (χ1) is 9.06. The molecule has 0 amide bonds. The maximum Gasteiger partial charge on any atom is 0.488 e. The van der Waals surface area contributed by atoms with Crippen molar-refractivity contribution in [2.45, 2.75) is 17.6 Å². The predicted molar refractivity (Wildman–Crippen MR) is 77.0 cm³/mol. The van der Waals surface area contributed by atoms with Gasteiger partial charge in [0, 0.05) is 10.6 Å². The van der Waals surface area contributed by atoms with Gasteiger partial charge in [0.1, 0.15) is 5.82 Å². The van der Waals surface area contributed by atoms with Gasteiger partial charge < -0.3 is 10.0 Å². The molecule has 0 fully saturated rings. The van der Waals surface area contributed by atoms with Gasteiger partial charge in [0.2, 0.25) is 0 Å². The maximum absolute atomic E-state index is 13.1. The van der Waals surface area contributed by atoms with E-state index in [1.807, 2.05) is 31.2 Å². The molecule has 0 radical (unpaired) electrons. The standard InChI is InChI=1S/C14H14BFO2S/c1-10-2-6-13(7-3-10)19-9-11-4-5-12(16)8-14(11)15(17)18/h2-8,17-18H,9H2,1H3. The molecule has 2 aromatic carbocycles. The summed E-state index contributed by atoms with van der Waals surface area (Å²) in [5.74, 6) is 0.100. The summed E-state index contributed by atoms with van der Waals surface area (Å²) < 4.78 is 13.1. The van der Waals surface area contributed by atoms with E-state index in [2.05, 4.69) is 0 Å². The van der Waals surface area contributed by atoms with Crippen LogP contribution in [0.25, 0.3) is 0 Å². The second kappa shape index (κ2) is 6.24. The lowest BCUT2D eigenvalue weighted by atomic mass is 9.77. The molecule has 2 N–H and O–H groups in total. The van der Waals surface area contributed by atoms with E-state index in [0.29, 0.717) is 5.75 Å². The summed E-state index contributed by atoms with van der Waals surface area (Å²) in [5, 5.41) is 18.5. The second-order valence-corrected chi connectivity index (χ2v) is 5.37. The number of hydrogen-bond donors (Lipinski definition) is 2. The first kappa shape index (κ1) is 14.1.